The lowest BCUT2D eigenvalue weighted by Crippen LogP contribution is -2.07. The number of nitrogens with zero attached hydrogens (tertiary/aromatic N) is 1. The minimum absolute atomic E-state index is 0.219. The second-order valence-electron chi connectivity index (χ2n) is 4.41. The molecule has 0 radical (unpaired) electrons. The number of carbonyl (C=O) groups is 1. The third-order valence-electron chi connectivity index (χ3n) is 2.96. The Hall–Kier alpha value is -1.68. The fourth-order valence-electron chi connectivity index (χ4n) is 1.76. The lowest BCUT2D eigenvalue weighted by Gasteiger charge is -2.02. The van der Waals surface area contributed by atoms with Crippen LogP contribution in [-0.2, 0) is 16.0 Å². The van der Waals surface area contributed by atoms with Crippen LogP contribution in [-0.4, -0.2) is 17.6 Å². The Morgan fingerprint density at radius 2 is 2.11 bits per heavy atom. The maximum atomic E-state index is 11.4. The van der Waals surface area contributed by atoms with Gasteiger partial charge in [-0.2, -0.15) is 0 Å². The maximum Gasteiger partial charge on any atom is 0.312 e. The van der Waals surface area contributed by atoms with Crippen molar-refractivity contribution in [2.45, 2.75) is 27.2 Å². The van der Waals surface area contributed by atoms with Crippen LogP contribution in [0.1, 0.15) is 23.1 Å². The molecule has 0 aliphatic rings. The van der Waals surface area contributed by atoms with E-state index in [1.165, 1.54) is 22.5 Å². The molecule has 0 saturated carbocycles. The third kappa shape index (κ3) is 3.41. The number of carbonyl (C=O) groups excluding carboxylic acids is 1. The van der Waals surface area contributed by atoms with Crippen molar-refractivity contribution >= 4 is 17.3 Å². The molecule has 4 heteroatoms. The van der Waals surface area contributed by atoms with E-state index in [1.807, 2.05) is 5.38 Å². The van der Waals surface area contributed by atoms with Gasteiger partial charge in [-0.15, -0.1) is 11.3 Å². The molecule has 2 aromatic rings. The van der Waals surface area contributed by atoms with Crippen LogP contribution in [0.3, 0.4) is 0 Å². The summed E-state index contributed by atoms with van der Waals surface area (Å²) in [7, 11) is 0. The Labute approximate surface area is 117 Å². The van der Waals surface area contributed by atoms with Crippen LogP contribution in [0.2, 0.25) is 0 Å². The van der Waals surface area contributed by atoms with E-state index in [2.05, 4.69) is 37.0 Å². The van der Waals surface area contributed by atoms with Crippen molar-refractivity contribution in [3.8, 4) is 11.3 Å². The van der Waals surface area contributed by atoms with E-state index < -0.39 is 0 Å². The van der Waals surface area contributed by atoms with Crippen molar-refractivity contribution in [3.05, 3.63) is 39.7 Å². The summed E-state index contributed by atoms with van der Waals surface area (Å²) < 4.78 is 4.92. The van der Waals surface area contributed by atoms with Crippen LogP contribution in [0.25, 0.3) is 11.3 Å². The summed E-state index contributed by atoms with van der Waals surface area (Å²) >= 11 is 1.50. The van der Waals surface area contributed by atoms with Crippen LogP contribution >= 0.6 is 11.3 Å². The van der Waals surface area contributed by atoms with Crippen molar-refractivity contribution in [2.24, 2.45) is 0 Å². The molecule has 0 aliphatic carbocycles. The van der Waals surface area contributed by atoms with Gasteiger partial charge in [-0.1, -0.05) is 12.1 Å². The zero-order valence-electron chi connectivity index (χ0n) is 11.4. The monoisotopic (exact) mass is 275 g/mol. The Bertz CT molecular complexity index is 590. The SMILES string of the molecule is CCOC(=O)Cc1nc(-c2ccc(C)c(C)c2)cs1. The second-order valence-corrected chi connectivity index (χ2v) is 5.35. The molecule has 1 aromatic carbocycles. The highest BCUT2D eigenvalue weighted by Crippen LogP contribution is 2.24. The van der Waals surface area contributed by atoms with Crippen LogP contribution in [0.5, 0.6) is 0 Å². The van der Waals surface area contributed by atoms with Gasteiger partial charge in [-0.25, -0.2) is 4.98 Å². The minimum atomic E-state index is -0.219. The van der Waals surface area contributed by atoms with E-state index >= 15 is 0 Å². The van der Waals surface area contributed by atoms with Gasteiger partial charge in [0.25, 0.3) is 0 Å². The average molecular weight is 275 g/mol. The topological polar surface area (TPSA) is 39.2 Å². The van der Waals surface area contributed by atoms with E-state index in [0.29, 0.717) is 6.61 Å². The van der Waals surface area contributed by atoms with Gasteiger partial charge in [0.05, 0.1) is 18.7 Å². The number of rotatable bonds is 4. The van der Waals surface area contributed by atoms with Crippen LogP contribution < -0.4 is 0 Å². The van der Waals surface area contributed by atoms with E-state index in [0.717, 1.165) is 16.3 Å². The molecule has 1 heterocycles. The number of ether oxygens (including phenoxy) is 1. The summed E-state index contributed by atoms with van der Waals surface area (Å²) in [5.41, 5.74) is 4.53. The molecule has 1 aromatic heterocycles. The molecule has 0 unspecified atom stereocenters. The highest BCUT2D eigenvalue weighted by molar-refractivity contribution is 7.10. The Kier molecular flexibility index (Phi) is 4.32. The minimum Gasteiger partial charge on any atom is -0.466 e. The van der Waals surface area contributed by atoms with Crippen molar-refractivity contribution < 1.29 is 9.53 Å². The molecule has 0 fully saturated rings. The first-order valence-corrected chi connectivity index (χ1v) is 7.15. The number of esters is 1. The highest BCUT2D eigenvalue weighted by atomic mass is 32.1. The Morgan fingerprint density at radius 1 is 1.32 bits per heavy atom. The fourth-order valence-corrected chi connectivity index (χ4v) is 2.55. The number of hydrogen-bond donors (Lipinski definition) is 0. The highest BCUT2D eigenvalue weighted by Gasteiger charge is 2.10. The first-order valence-electron chi connectivity index (χ1n) is 6.27. The zero-order valence-corrected chi connectivity index (χ0v) is 12.2. The van der Waals surface area contributed by atoms with E-state index in [9.17, 15) is 4.79 Å². The molecule has 2 rings (SSSR count). The molecule has 0 amide bonds. The maximum absolute atomic E-state index is 11.4. The molecule has 0 bridgehead atoms. The van der Waals surface area contributed by atoms with E-state index in [1.54, 1.807) is 6.92 Å². The number of aryl methyl sites for hydroxylation is 2. The van der Waals surface area contributed by atoms with Crippen molar-refractivity contribution in [1.82, 2.24) is 4.98 Å². The number of thiazole rings is 1. The average Bonchev–Trinajstić information content (AvgIpc) is 2.81. The quantitative estimate of drug-likeness (QED) is 0.801. The molecule has 0 atom stereocenters. The Balaban J connectivity index is 2.16. The summed E-state index contributed by atoms with van der Waals surface area (Å²) in [6, 6.07) is 6.28. The van der Waals surface area contributed by atoms with Gasteiger partial charge in [0.2, 0.25) is 0 Å². The summed E-state index contributed by atoms with van der Waals surface area (Å²) in [5, 5.41) is 2.78. The standard InChI is InChI=1S/C15H17NO2S/c1-4-18-15(17)8-14-16-13(9-19-14)12-6-5-10(2)11(3)7-12/h5-7,9H,4,8H2,1-3H3. The predicted octanol–water partition coefficient (Wildman–Crippen LogP) is 3.53. The van der Waals surface area contributed by atoms with Gasteiger partial charge in [-0.05, 0) is 38.0 Å². The van der Waals surface area contributed by atoms with Gasteiger partial charge < -0.3 is 4.74 Å². The molecule has 0 aliphatic heterocycles. The molecular weight excluding hydrogens is 258 g/mol. The Morgan fingerprint density at radius 3 is 2.79 bits per heavy atom. The van der Waals surface area contributed by atoms with Gasteiger partial charge in [0.15, 0.2) is 0 Å². The zero-order chi connectivity index (χ0) is 13.8. The van der Waals surface area contributed by atoms with Gasteiger partial charge in [0.1, 0.15) is 5.01 Å². The molecule has 19 heavy (non-hydrogen) atoms. The molecule has 0 spiro atoms. The normalized spacial score (nSPS) is 10.5. The van der Waals surface area contributed by atoms with Crippen molar-refractivity contribution in [2.75, 3.05) is 6.61 Å². The number of aromatic nitrogens is 1. The molecule has 100 valence electrons. The van der Waals surface area contributed by atoms with Crippen molar-refractivity contribution in [3.63, 3.8) is 0 Å². The third-order valence-corrected chi connectivity index (χ3v) is 3.80. The lowest BCUT2D eigenvalue weighted by molar-refractivity contribution is -0.142. The smallest absolute Gasteiger partial charge is 0.312 e. The lowest BCUT2D eigenvalue weighted by atomic mass is 10.1. The van der Waals surface area contributed by atoms with E-state index in [-0.39, 0.29) is 12.4 Å². The van der Waals surface area contributed by atoms with Crippen LogP contribution in [0.15, 0.2) is 23.6 Å². The van der Waals surface area contributed by atoms with Crippen LogP contribution in [0.4, 0.5) is 0 Å². The second kappa shape index (κ2) is 5.97. The molecule has 3 nitrogen and oxygen atoms in total. The van der Waals surface area contributed by atoms with Crippen molar-refractivity contribution in [1.29, 1.82) is 0 Å². The van der Waals surface area contributed by atoms with Crippen LogP contribution in [0, 0.1) is 13.8 Å². The largest absolute Gasteiger partial charge is 0.466 e. The number of benzene rings is 1. The fraction of sp³-hybridized carbons (Fsp3) is 0.333. The number of hydrogen-bond acceptors (Lipinski definition) is 4. The summed E-state index contributed by atoms with van der Waals surface area (Å²) in [5.74, 6) is -0.219. The van der Waals surface area contributed by atoms with Gasteiger partial charge in [-0.3, -0.25) is 4.79 Å². The summed E-state index contributed by atoms with van der Waals surface area (Å²) in [6.45, 7) is 6.39. The predicted molar refractivity (Wildman–Crippen MR) is 77.4 cm³/mol. The molecule has 0 N–H and O–H groups in total. The first-order chi connectivity index (χ1) is 9.10. The van der Waals surface area contributed by atoms with E-state index in [4.69, 9.17) is 4.74 Å². The summed E-state index contributed by atoms with van der Waals surface area (Å²) in [4.78, 5) is 15.9. The van der Waals surface area contributed by atoms with Gasteiger partial charge >= 0.3 is 5.97 Å². The van der Waals surface area contributed by atoms with Gasteiger partial charge in [0, 0.05) is 10.9 Å². The first kappa shape index (κ1) is 13.7. The molecule has 0 saturated heterocycles. The summed E-state index contributed by atoms with van der Waals surface area (Å²) in [6.07, 6.45) is 0.253. The molecular formula is C15H17NO2S.